The van der Waals surface area contributed by atoms with Crippen LogP contribution in [0.4, 0.5) is 0 Å². The maximum Gasteiger partial charge on any atom is 0.312 e. The van der Waals surface area contributed by atoms with Gasteiger partial charge in [-0.1, -0.05) is 18.2 Å². The first kappa shape index (κ1) is 20.1. The van der Waals surface area contributed by atoms with Crippen LogP contribution >= 0.6 is 0 Å². The Morgan fingerprint density at radius 2 is 1.93 bits per heavy atom. The second-order valence-electron chi connectivity index (χ2n) is 6.64. The van der Waals surface area contributed by atoms with Gasteiger partial charge in [-0.15, -0.1) is 0 Å². The molecule has 0 unspecified atom stereocenters. The number of hydrogen-bond acceptors (Lipinski definition) is 6. The van der Waals surface area contributed by atoms with Gasteiger partial charge in [-0.2, -0.15) is 0 Å². The van der Waals surface area contributed by atoms with E-state index in [1.807, 2.05) is 0 Å². The minimum atomic E-state index is -1.13. The number of hydrogen-bond donors (Lipinski definition) is 2. The molecule has 1 aliphatic heterocycles. The van der Waals surface area contributed by atoms with Crippen molar-refractivity contribution in [3.8, 4) is 0 Å². The molecule has 2 atom stereocenters. The lowest BCUT2D eigenvalue weighted by Gasteiger charge is -2.17. The Morgan fingerprint density at radius 1 is 1.17 bits per heavy atom. The Labute approximate surface area is 167 Å². The van der Waals surface area contributed by atoms with E-state index >= 15 is 0 Å². The Hall–Kier alpha value is -3.62. The predicted octanol–water partition coefficient (Wildman–Crippen LogP) is 1.02. The molecule has 0 aliphatic carbocycles. The van der Waals surface area contributed by atoms with Crippen molar-refractivity contribution in [2.24, 2.45) is 5.92 Å². The highest BCUT2D eigenvalue weighted by molar-refractivity contribution is 5.96. The van der Waals surface area contributed by atoms with Crippen molar-refractivity contribution in [2.45, 2.75) is 26.0 Å². The van der Waals surface area contributed by atoms with Gasteiger partial charge in [-0.25, -0.2) is 0 Å². The summed E-state index contributed by atoms with van der Waals surface area (Å²) in [5.74, 6) is -2.04. The number of esters is 1. The van der Waals surface area contributed by atoms with Gasteiger partial charge in [0.15, 0.2) is 6.10 Å². The van der Waals surface area contributed by atoms with E-state index in [4.69, 9.17) is 9.15 Å². The van der Waals surface area contributed by atoms with E-state index in [-0.39, 0.29) is 25.4 Å². The number of nitrogens with zero attached hydrogens (tertiary/aromatic N) is 1. The molecular weight excluding hydrogens is 378 g/mol. The lowest BCUT2D eigenvalue weighted by molar-refractivity contribution is -0.158. The molecule has 2 heterocycles. The smallest absolute Gasteiger partial charge is 0.312 e. The van der Waals surface area contributed by atoms with Gasteiger partial charge in [0, 0.05) is 18.5 Å². The highest BCUT2D eigenvalue weighted by Gasteiger charge is 2.36. The molecule has 1 saturated heterocycles. The number of amides is 3. The summed E-state index contributed by atoms with van der Waals surface area (Å²) in [7, 11) is 0. The second kappa shape index (κ2) is 9.05. The van der Waals surface area contributed by atoms with Crippen molar-refractivity contribution < 1.29 is 28.3 Å². The van der Waals surface area contributed by atoms with Gasteiger partial charge in [-0.05, 0) is 31.2 Å². The van der Waals surface area contributed by atoms with Crippen LogP contribution in [0.5, 0.6) is 0 Å². The number of rotatable bonds is 6. The van der Waals surface area contributed by atoms with Gasteiger partial charge in [0.05, 0.1) is 18.7 Å². The standard InChI is InChI=1S/C20H21N3O6/c1-13(18(25)21-22-19(26)14-6-3-2-4-7-14)29-20(27)15-10-17(24)23(11-15)12-16-8-5-9-28-16/h2-9,13,15H,10-12H2,1H3,(H,21,25)(H,22,26)/t13-,15-/m1/s1. The molecule has 3 rings (SSSR count). The summed E-state index contributed by atoms with van der Waals surface area (Å²) in [5, 5.41) is 0. The molecule has 3 amide bonds. The Bertz CT molecular complexity index is 881. The van der Waals surface area contributed by atoms with Crippen LogP contribution in [0.25, 0.3) is 0 Å². The number of nitrogens with one attached hydrogen (secondary N) is 2. The van der Waals surface area contributed by atoms with E-state index in [9.17, 15) is 19.2 Å². The molecule has 2 N–H and O–H groups in total. The monoisotopic (exact) mass is 399 g/mol. The van der Waals surface area contributed by atoms with E-state index in [0.29, 0.717) is 11.3 Å². The van der Waals surface area contributed by atoms with Crippen LogP contribution in [0.3, 0.4) is 0 Å². The SMILES string of the molecule is C[C@@H](OC(=O)[C@@H]1CC(=O)N(Cc2ccco2)C1)C(=O)NNC(=O)c1ccccc1. The van der Waals surface area contributed by atoms with Crippen molar-refractivity contribution in [1.29, 1.82) is 0 Å². The van der Waals surface area contributed by atoms with Crippen LogP contribution in [0.2, 0.25) is 0 Å². The zero-order valence-corrected chi connectivity index (χ0v) is 15.8. The third kappa shape index (κ3) is 5.22. The molecule has 152 valence electrons. The minimum Gasteiger partial charge on any atom is -0.467 e. The average Bonchev–Trinajstić information content (AvgIpc) is 3.36. The molecule has 0 radical (unpaired) electrons. The van der Waals surface area contributed by atoms with E-state index in [2.05, 4.69) is 10.9 Å². The van der Waals surface area contributed by atoms with Gasteiger partial charge in [0.25, 0.3) is 11.8 Å². The van der Waals surface area contributed by atoms with Gasteiger partial charge < -0.3 is 14.1 Å². The topological polar surface area (TPSA) is 118 Å². The normalized spacial score (nSPS) is 16.9. The van der Waals surface area contributed by atoms with Crippen molar-refractivity contribution in [3.63, 3.8) is 0 Å². The lowest BCUT2D eigenvalue weighted by atomic mass is 10.1. The summed E-state index contributed by atoms with van der Waals surface area (Å²) in [6.07, 6.45) is 0.393. The summed E-state index contributed by atoms with van der Waals surface area (Å²) in [6, 6.07) is 11.8. The highest BCUT2D eigenvalue weighted by Crippen LogP contribution is 2.22. The van der Waals surface area contributed by atoms with E-state index in [1.54, 1.807) is 42.5 Å². The van der Waals surface area contributed by atoms with Crippen LogP contribution in [0.1, 0.15) is 29.5 Å². The molecule has 1 aromatic heterocycles. The summed E-state index contributed by atoms with van der Waals surface area (Å²) in [6.45, 7) is 1.86. The molecule has 1 aliphatic rings. The summed E-state index contributed by atoms with van der Waals surface area (Å²) in [4.78, 5) is 49.9. The Kier molecular flexibility index (Phi) is 6.28. The van der Waals surface area contributed by atoms with Crippen LogP contribution < -0.4 is 10.9 Å². The van der Waals surface area contributed by atoms with Crippen molar-refractivity contribution >= 4 is 23.7 Å². The van der Waals surface area contributed by atoms with E-state index < -0.39 is 29.8 Å². The molecule has 0 bridgehead atoms. The summed E-state index contributed by atoms with van der Waals surface area (Å²) < 4.78 is 10.4. The first-order valence-electron chi connectivity index (χ1n) is 9.10. The van der Waals surface area contributed by atoms with Crippen LogP contribution in [-0.2, 0) is 25.7 Å². The summed E-state index contributed by atoms with van der Waals surface area (Å²) >= 11 is 0. The number of hydrazine groups is 1. The zero-order chi connectivity index (χ0) is 20.8. The predicted molar refractivity (Wildman–Crippen MR) is 99.8 cm³/mol. The summed E-state index contributed by atoms with van der Waals surface area (Å²) in [5.41, 5.74) is 4.85. The fraction of sp³-hybridized carbons (Fsp3) is 0.300. The maximum atomic E-state index is 12.3. The molecule has 1 fully saturated rings. The molecular formula is C20H21N3O6. The first-order valence-corrected chi connectivity index (χ1v) is 9.10. The van der Waals surface area contributed by atoms with Crippen LogP contribution in [-0.4, -0.2) is 41.2 Å². The number of carbonyl (C=O) groups is 4. The molecule has 1 aromatic carbocycles. The third-order valence-corrected chi connectivity index (χ3v) is 4.47. The van der Waals surface area contributed by atoms with Crippen molar-refractivity contribution in [3.05, 3.63) is 60.1 Å². The minimum absolute atomic E-state index is 0.0125. The first-order chi connectivity index (χ1) is 13.9. The maximum absolute atomic E-state index is 12.3. The quantitative estimate of drug-likeness (QED) is 0.553. The molecule has 9 nitrogen and oxygen atoms in total. The molecule has 2 aromatic rings. The largest absolute Gasteiger partial charge is 0.467 e. The van der Waals surface area contributed by atoms with Crippen molar-refractivity contribution in [1.82, 2.24) is 15.8 Å². The van der Waals surface area contributed by atoms with E-state index in [1.165, 1.54) is 18.1 Å². The number of likely N-dealkylation sites (tertiary alicyclic amines) is 1. The Balaban J connectivity index is 1.45. The number of benzene rings is 1. The fourth-order valence-corrected chi connectivity index (χ4v) is 2.88. The van der Waals surface area contributed by atoms with Crippen molar-refractivity contribution in [2.75, 3.05) is 6.54 Å². The number of ether oxygens (including phenoxy) is 1. The molecule has 29 heavy (non-hydrogen) atoms. The number of furan rings is 1. The molecule has 0 spiro atoms. The van der Waals surface area contributed by atoms with Gasteiger partial charge in [-0.3, -0.25) is 30.0 Å². The fourth-order valence-electron chi connectivity index (χ4n) is 2.88. The van der Waals surface area contributed by atoms with Gasteiger partial charge >= 0.3 is 5.97 Å². The Morgan fingerprint density at radius 3 is 2.62 bits per heavy atom. The zero-order valence-electron chi connectivity index (χ0n) is 15.8. The average molecular weight is 399 g/mol. The molecule has 0 saturated carbocycles. The van der Waals surface area contributed by atoms with E-state index in [0.717, 1.165) is 0 Å². The van der Waals surface area contributed by atoms with Gasteiger partial charge in [0.2, 0.25) is 5.91 Å². The van der Waals surface area contributed by atoms with Crippen LogP contribution in [0.15, 0.2) is 53.1 Å². The number of carbonyl (C=O) groups excluding carboxylic acids is 4. The van der Waals surface area contributed by atoms with Gasteiger partial charge in [0.1, 0.15) is 5.76 Å². The second-order valence-corrected chi connectivity index (χ2v) is 6.64. The molecule has 9 heteroatoms. The highest BCUT2D eigenvalue weighted by atomic mass is 16.5. The van der Waals surface area contributed by atoms with Crippen LogP contribution in [0, 0.1) is 5.92 Å². The lowest BCUT2D eigenvalue weighted by Crippen LogP contribution is -2.47. The third-order valence-electron chi connectivity index (χ3n) is 4.47.